The fourth-order valence-corrected chi connectivity index (χ4v) is 1.57. The van der Waals surface area contributed by atoms with Crippen molar-refractivity contribution in [2.45, 2.75) is 6.54 Å². The monoisotopic (exact) mass is 253 g/mol. The number of nitrogens with zero attached hydrogens (tertiary/aromatic N) is 3. The van der Waals surface area contributed by atoms with Gasteiger partial charge in [0.25, 0.3) is 0 Å². The molecule has 1 unspecified atom stereocenters. The van der Waals surface area contributed by atoms with Crippen molar-refractivity contribution in [1.82, 2.24) is 15.0 Å². The summed E-state index contributed by atoms with van der Waals surface area (Å²) in [5.74, 6) is 0. The molecule has 0 aliphatic rings. The van der Waals surface area contributed by atoms with Crippen LogP contribution in [0.3, 0.4) is 0 Å². The van der Waals surface area contributed by atoms with E-state index in [2.05, 4.69) is 14.5 Å². The molecule has 7 heteroatoms. The van der Waals surface area contributed by atoms with Gasteiger partial charge in [-0.05, 0) is 0 Å². The second-order valence-corrected chi connectivity index (χ2v) is 3.94. The Kier molecular flexibility index (Phi) is 3.97. The van der Waals surface area contributed by atoms with Crippen LogP contribution in [0.15, 0.2) is 36.5 Å². The van der Waals surface area contributed by atoms with Gasteiger partial charge in [-0.1, -0.05) is 35.5 Å². The number of aromatic nitrogens is 3. The Labute approximate surface area is 101 Å². The van der Waals surface area contributed by atoms with Gasteiger partial charge in [0, 0.05) is 5.56 Å². The first-order valence-corrected chi connectivity index (χ1v) is 5.98. The summed E-state index contributed by atoms with van der Waals surface area (Å²) in [4.78, 5) is 0. The lowest BCUT2D eigenvalue weighted by atomic mass is 10.2. The Morgan fingerprint density at radius 3 is 2.82 bits per heavy atom. The third-order valence-electron chi connectivity index (χ3n) is 2.11. The molecular formula is C10H11N3O3S. The van der Waals surface area contributed by atoms with Gasteiger partial charge < -0.3 is 0 Å². The smallest absolute Gasteiger partial charge is 0.284 e. The second-order valence-electron chi connectivity index (χ2n) is 3.27. The SMILES string of the molecule is O=S(O)OCCn1cc(-c2ccccc2)nn1. The van der Waals surface area contributed by atoms with Crippen molar-refractivity contribution >= 4 is 11.4 Å². The molecule has 1 heterocycles. The van der Waals surface area contributed by atoms with E-state index in [0.29, 0.717) is 6.54 Å². The second kappa shape index (κ2) is 5.67. The molecule has 1 aromatic heterocycles. The number of benzene rings is 1. The van der Waals surface area contributed by atoms with E-state index in [9.17, 15) is 4.21 Å². The van der Waals surface area contributed by atoms with Crippen LogP contribution in [0.25, 0.3) is 11.3 Å². The Morgan fingerprint density at radius 1 is 1.35 bits per heavy atom. The van der Waals surface area contributed by atoms with Gasteiger partial charge >= 0.3 is 11.4 Å². The Hall–Kier alpha value is -1.57. The number of rotatable bonds is 5. The third-order valence-corrected chi connectivity index (χ3v) is 2.48. The summed E-state index contributed by atoms with van der Waals surface area (Å²) in [6, 6.07) is 9.65. The van der Waals surface area contributed by atoms with Crippen LogP contribution in [0.2, 0.25) is 0 Å². The number of hydrogen-bond acceptors (Lipinski definition) is 4. The molecule has 2 aromatic rings. The third kappa shape index (κ3) is 3.45. The molecule has 0 radical (unpaired) electrons. The van der Waals surface area contributed by atoms with Gasteiger partial charge in [0.15, 0.2) is 0 Å². The van der Waals surface area contributed by atoms with Crippen LogP contribution < -0.4 is 0 Å². The van der Waals surface area contributed by atoms with E-state index in [4.69, 9.17) is 4.55 Å². The van der Waals surface area contributed by atoms with Crippen molar-refractivity contribution in [1.29, 1.82) is 0 Å². The van der Waals surface area contributed by atoms with Gasteiger partial charge in [0.05, 0.1) is 19.3 Å². The summed E-state index contributed by atoms with van der Waals surface area (Å²) in [5, 5.41) is 7.90. The van der Waals surface area contributed by atoms with E-state index in [1.807, 2.05) is 30.3 Å². The van der Waals surface area contributed by atoms with Crippen LogP contribution >= 0.6 is 0 Å². The van der Waals surface area contributed by atoms with Crippen LogP contribution in [0, 0.1) is 0 Å². The molecular weight excluding hydrogens is 242 g/mol. The largest absolute Gasteiger partial charge is 0.301 e. The predicted molar refractivity (Wildman–Crippen MR) is 62.2 cm³/mol. The predicted octanol–water partition coefficient (Wildman–Crippen LogP) is 1.10. The van der Waals surface area contributed by atoms with Crippen LogP contribution in [-0.4, -0.2) is 30.4 Å². The maximum atomic E-state index is 10.3. The molecule has 0 spiro atoms. The molecule has 0 aliphatic heterocycles. The lowest BCUT2D eigenvalue weighted by Gasteiger charge is -1.97. The lowest BCUT2D eigenvalue weighted by molar-refractivity contribution is 0.284. The molecule has 0 bridgehead atoms. The molecule has 0 aliphatic carbocycles. The van der Waals surface area contributed by atoms with E-state index < -0.39 is 11.4 Å². The standard InChI is InChI=1S/C10H11N3O3S/c14-17(15)16-7-6-13-8-10(11-12-13)9-4-2-1-3-5-9/h1-5,8H,6-7H2,(H,14,15). The maximum Gasteiger partial charge on any atom is 0.301 e. The van der Waals surface area contributed by atoms with Crippen LogP contribution in [0.5, 0.6) is 0 Å². The van der Waals surface area contributed by atoms with Crippen molar-refractivity contribution in [2.75, 3.05) is 6.61 Å². The molecule has 6 nitrogen and oxygen atoms in total. The maximum absolute atomic E-state index is 10.3. The van der Waals surface area contributed by atoms with E-state index in [0.717, 1.165) is 11.3 Å². The molecule has 1 atom stereocenters. The molecule has 1 aromatic carbocycles. The first-order valence-electron chi connectivity index (χ1n) is 4.95. The zero-order chi connectivity index (χ0) is 12.1. The van der Waals surface area contributed by atoms with Crippen LogP contribution in [0.1, 0.15) is 0 Å². The summed E-state index contributed by atoms with van der Waals surface area (Å²) >= 11 is -2.23. The lowest BCUT2D eigenvalue weighted by Crippen LogP contribution is -2.07. The van der Waals surface area contributed by atoms with Gasteiger partial charge in [-0.25, -0.2) is 4.68 Å². The molecule has 2 rings (SSSR count). The average molecular weight is 253 g/mol. The first-order chi connectivity index (χ1) is 8.25. The molecule has 90 valence electrons. The van der Waals surface area contributed by atoms with E-state index in [1.54, 1.807) is 10.9 Å². The Morgan fingerprint density at radius 2 is 2.12 bits per heavy atom. The molecule has 1 N–H and O–H groups in total. The van der Waals surface area contributed by atoms with Crippen molar-refractivity contribution < 1.29 is 12.9 Å². The summed E-state index contributed by atoms with van der Waals surface area (Å²) in [6.07, 6.45) is 1.76. The topological polar surface area (TPSA) is 77.2 Å². The molecule has 0 fully saturated rings. The van der Waals surface area contributed by atoms with Gasteiger partial charge in [0.2, 0.25) is 0 Å². The van der Waals surface area contributed by atoms with E-state index >= 15 is 0 Å². The van der Waals surface area contributed by atoms with Crippen molar-refractivity contribution in [3.63, 3.8) is 0 Å². The zero-order valence-electron chi connectivity index (χ0n) is 8.89. The quantitative estimate of drug-likeness (QED) is 0.807. The van der Waals surface area contributed by atoms with Crippen LogP contribution in [0.4, 0.5) is 0 Å². The zero-order valence-corrected chi connectivity index (χ0v) is 9.71. The minimum absolute atomic E-state index is 0.112. The molecule has 0 amide bonds. The first kappa shape index (κ1) is 11.9. The highest BCUT2D eigenvalue weighted by Gasteiger charge is 2.03. The summed E-state index contributed by atoms with van der Waals surface area (Å²) in [6.45, 7) is 0.493. The van der Waals surface area contributed by atoms with Crippen LogP contribution in [-0.2, 0) is 22.1 Å². The summed E-state index contributed by atoms with van der Waals surface area (Å²) in [7, 11) is 0. The van der Waals surface area contributed by atoms with Gasteiger partial charge in [-0.3, -0.25) is 8.74 Å². The minimum Gasteiger partial charge on any atom is -0.284 e. The average Bonchev–Trinajstić information content (AvgIpc) is 2.78. The highest BCUT2D eigenvalue weighted by molar-refractivity contribution is 7.74. The Bertz CT molecular complexity index is 501. The van der Waals surface area contributed by atoms with E-state index in [-0.39, 0.29) is 6.61 Å². The molecule has 17 heavy (non-hydrogen) atoms. The minimum atomic E-state index is -2.23. The molecule has 0 saturated carbocycles. The Balaban J connectivity index is 1.99. The fraction of sp³-hybridized carbons (Fsp3) is 0.200. The number of hydrogen-bond donors (Lipinski definition) is 1. The van der Waals surface area contributed by atoms with Crippen molar-refractivity contribution in [2.24, 2.45) is 0 Å². The summed E-state index contributed by atoms with van der Waals surface area (Å²) < 4.78 is 24.7. The molecule has 0 saturated heterocycles. The normalized spacial score (nSPS) is 12.5. The van der Waals surface area contributed by atoms with Gasteiger partial charge in [0.1, 0.15) is 5.69 Å². The highest BCUT2D eigenvalue weighted by Crippen LogP contribution is 2.14. The van der Waals surface area contributed by atoms with Crippen molar-refractivity contribution in [3.8, 4) is 11.3 Å². The van der Waals surface area contributed by atoms with Gasteiger partial charge in [-0.2, -0.15) is 4.21 Å². The van der Waals surface area contributed by atoms with Gasteiger partial charge in [-0.15, -0.1) is 5.10 Å². The van der Waals surface area contributed by atoms with E-state index in [1.165, 1.54) is 0 Å². The summed E-state index contributed by atoms with van der Waals surface area (Å²) in [5.41, 5.74) is 1.74. The van der Waals surface area contributed by atoms with Crippen molar-refractivity contribution in [3.05, 3.63) is 36.5 Å². The fourth-order valence-electron chi connectivity index (χ4n) is 1.35. The highest BCUT2D eigenvalue weighted by atomic mass is 32.2.